The van der Waals surface area contributed by atoms with E-state index in [0.29, 0.717) is 0 Å². The van der Waals surface area contributed by atoms with Crippen molar-refractivity contribution in [3.8, 4) is 33.4 Å². The van der Waals surface area contributed by atoms with E-state index in [1.54, 1.807) is 0 Å². The van der Waals surface area contributed by atoms with Gasteiger partial charge in [-0.2, -0.15) is 0 Å². The SMILES string of the molecule is Clc1ccc2c(c1)C1(c3ccccc3B3c4ccccc4-c4cccc1c43)c1cc(-c3ccc(N(c4ccccc4)c4ccccc4)cc3)ccc1-2. The molecule has 3 aliphatic rings. The molecule has 0 aromatic heterocycles. The van der Waals surface area contributed by atoms with Crippen molar-refractivity contribution in [3.05, 3.63) is 215 Å². The Morgan fingerprint density at radius 1 is 0.385 bits per heavy atom. The molecular weight excluding hydrogens is 649 g/mol. The summed E-state index contributed by atoms with van der Waals surface area (Å²) in [6.07, 6.45) is 0. The van der Waals surface area contributed by atoms with Gasteiger partial charge in [0.05, 0.1) is 5.41 Å². The lowest BCUT2D eigenvalue weighted by atomic mass is 9.32. The number of fused-ring (bicyclic) bond motifs is 12. The Morgan fingerprint density at radius 3 is 1.69 bits per heavy atom. The van der Waals surface area contributed by atoms with Crippen LogP contribution in [0.1, 0.15) is 22.3 Å². The monoisotopic (exact) mass is 679 g/mol. The Bertz CT molecular complexity index is 2660. The van der Waals surface area contributed by atoms with Crippen LogP contribution in [0.15, 0.2) is 188 Å². The molecule has 8 aromatic carbocycles. The zero-order valence-corrected chi connectivity index (χ0v) is 29.1. The summed E-state index contributed by atoms with van der Waals surface area (Å²) in [6, 6.07) is 68.9. The van der Waals surface area contributed by atoms with E-state index in [-0.39, 0.29) is 6.71 Å². The maximum Gasteiger partial charge on any atom is 0.243 e. The fraction of sp³-hybridized carbons (Fsp3) is 0.0204. The van der Waals surface area contributed by atoms with Gasteiger partial charge in [-0.3, -0.25) is 0 Å². The summed E-state index contributed by atoms with van der Waals surface area (Å²) in [5, 5.41) is 0.763. The van der Waals surface area contributed by atoms with Crippen molar-refractivity contribution in [2.45, 2.75) is 5.41 Å². The van der Waals surface area contributed by atoms with Crippen molar-refractivity contribution in [2.24, 2.45) is 0 Å². The summed E-state index contributed by atoms with van der Waals surface area (Å²) in [4.78, 5) is 2.31. The highest BCUT2D eigenvalue weighted by atomic mass is 35.5. The predicted octanol–water partition coefficient (Wildman–Crippen LogP) is 10.6. The number of para-hydroxylation sites is 2. The first-order chi connectivity index (χ1) is 25.7. The minimum atomic E-state index is -0.511. The zero-order valence-electron chi connectivity index (χ0n) is 28.3. The molecule has 0 amide bonds. The average molecular weight is 680 g/mol. The number of nitrogens with zero attached hydrogens (tertiary/aromatic N) is 1. The van der Waals surface area contributed by atoms with E-state index >= 15 is 0 Å². The second-order valence-corrected chi connectivity index (χ2v) is 14.6. The lowest BCUT2D eigenvalue weighted by Gasteiger charge is -2.42. The molecule has 242 valence electrons. The number of hydrogen-bond acceptors (Lipinski definition) is 1. The van der Waals surface area contributed by atoms with Gasteiger partial charge in [0.1, 0.15) is 0 Å². The minimum Gasteiger partial charge on any atom is -0.311 e. The van der Waals surface area contributed by atoms with Crippen LogP contribution in [-0.4, -0.2) is 6.71 Å². The molecule has 11 rings (SSSR count). The number of halogens is 1. The van der Waals surface area contributed by atoms with E-state index in [9.17, 15) is 0 Å². The number of benzene rings is 8. The summed E-state index contributed by atoms with van der Waals surface area (Å²) in [7, 11) is 0. The molecule has 2 aliphatic heterocycles. The van der Waals surface area contributed by atoms with Crippen LogP contribution in [0.3, 0.4) is 0 Å². The smallest absolute Gasteiger partial charge is 0.243 e. The van der Waals surface area contributed by atoms with Crippen LogP contribution in [0.2, 0.25) is 5.02 Å². The zero-order chi connectivity index (χ0) is 34.4. The molecule has 1 nitrogen and oxygen atoms in total. The summed E-state index contributed by atoms with van der Waals surface area (Å²) < 4.78 is 0. The number of hydrogen-bond donors (Lipinski definition) is 0. The molecule has 1 atom stereocenters. The van der Waals surface area contributed by atoms with Crippen molar-refractivity contribution in [2.75, 3.05) is 4.90 Å². The summed E-state index contributed by atoms with van der Waals surface area (Å²) in [5.74, 6) is 0. The largest absolute Gasteiger partial charge is 0.311 e. The second-order valence-electron chi connectivity index (χ2n) is 14.1. The third kappa shape index (κ3) is 4.02. The Kier molecular flexibility index (Phi) is 6.39. The first-order valence-corrected chi connectivity index (χ1v) is 18.4. The van der Waals surface area contributed by atoms with Crippen molar-refractivity contribution < 1.29 is 0 Å². The van der Waals surface area contributed by atoms with Gasteiger partial charge in [-0.1, -0.05) is 161 Å². The van der Waals surface area contributed by atoms with Crippen LogP contribution >= 0.6 is 11.6 Å². The molecule has 0 radical (unpaired) electrons. The molecule has 0 bridgehead atoms. The van der Waals surface area contributed by atoms with Crippen LogP contribution in [-0.2, 0) is 5.41 Å². The molecule has 0 saturated heterocycles. The van der Waals surface area contributed by atoms with Crippen molar-refractivity contribution in [1.82, 2.24) is 0 Å². The third-order valence-electron chi connectivity index (χ3n) is 11.6. The molecule has 1 aliphatic carbocycles. The molecule has 3 heteroatoms. The Hall–Kier alpha value is -6.09. The van der Waals surface area contributed by atoms with Crippen LogP contribution in [0.4, 0.5) is 17.1 Å². The highest BCUT2D eigenvalue weighted by Gasteiger charge is 2.54. The van der Waals surface area contributed by atoms with Gasteiger partial charge in [0.25, 0.3) is 0 Å². The van der Waals surface area contributed by atoms with E-state index in [1.165, 1.54) is 72.0 Å². The van der Waals surface area contributed by atoms with E-state index in [0.717, 1.165) is 22.1 Å². The molecule has 2 heterocycles. The van der Waals surface area contributed by atoms with Crippen molar-refractivity contribution >= 4 is 51.8 Å². The van der Waals surface area contributed by atoms with Gasteiger partial charge in [-0.25, -0.2) is 0 Å². The van der Waals surface area contributed by atoms with Crippen LogP contribution < -0.4 is 21.3 Å². The summed E-state index contributed by atoms with van der Waals surface area (Å²) in [5.41, 5.74) is 19.9. The highest BCUT2D eigenvalue weighted by molar-refractivity contribution is 7.00. The van der Waals surface area contributed by atoms with Gasteiger partial charge in [0.15, 0.2) is 0 Å². The molecule has 1 spiro atoms. The van der Waals surface area contributed by atoms with Crippen molar-refractivity contribution in [1.29, 1.82) is 0 Å². The molecule has 0 N–H and O–H groups in total. The quantitative estimate of drug-likeness (QED) is 0.167. The maximum absolute atomic E-state index is 6.92. The van der Waals surface area contributed by atoms with Crippen LogP contribution in [0.5, 0.6) is 0 Å². The summed E-state index contributed by atoms with van der Waals surface area (Å²) in [6.45, 7) is 0.198. The minimum absolute atomic E-state index is 0.198. The Labute approximate surface area is 309 Å². The van der Waals surface area contributed by atoms with Gasteiger partial charge in [-0.05, 0) is 110 Å². The topological polar surface area (TPSA) is 3.24 Å². The highest BCUT2D eigenvalue weighted by Crippen LogP contribution is 2.58. The first-order valence-electron chi connectivity index (χ1n) is 18.0. The molecule has 0 saturated carbocycles. The molecule has 52 heavy (non-hydrogen) atoms. The van der Waals surface area contributed by atoms with E-state index in [4.69, 9.17) is 11.6 Å². The van der Waals surface area contributed by atoms with E-state index < -0.39 is 5.41 Å². The van der Waals surface area contributed by atoms with Gasteiger partial charge in [0.2, 0.25) is 6.71 Å². The Balaban J connectivity index is 1.12. The molecule has 0 fully saturated rings. The van der Waals surface area contributed by atoms with Gasteiger partial charge < -0.3 is 4.90 Å². The fourth-order valence-electron chi connectivity index (χ4n) is 9.61. The van der Waals surface area contributed by atoms with E-state index in [1.807, 2.05) is 6.07 Å². The van der Waals surface area contributed by atoms with Gasteiger partial charge >= 0.3 is 0 Å². The average Bonchev–Trinajstić information content (AvgIpc) is 3.69. The summed E-state index contributed by atoms with van der Waals surface area (Å²) >= 11 is 6.92. The van der Waals surface area contributed by atoms with Crippen LogP contribution in [0, 0.1) is 0 Å². The molecular formula is C49H31BClN. The molecule has 1 unspecified atom stereocenters. The van der Waals surface area contributed by atoms with Gasteiger partial charge in [0, 0.05) is 22.1 Å². The van der Waals surface area contributed by atoms with Crippen LogP contribution in [0.25, 0.3) is 33.4 Å². The number of anilines is 3. The Morgan fingerprint density at radius 2 is 0.942 bits per heavy atom. The first kappa shape index (κ1) is 29.6. The lowest BCUT2D eigenvalue weighted by Crippen LogP contribution is -2.59. The van der Waals surface area contributed by atoms with Crippen molar-refractivity contribution in [3.63, 3.8) is 0 Å². The second kappa shape index (κ2) is 11.2. The normalized spacial score (nSPS) is 15.4. The van der Waals surface area contributed by atoms with Gasteiger partial charge in [-0.15, -0.1) is 0 Å². The number of rotatable bonds is 4. The fourth-order valence-corrected chi connectivity index (χ4v) is 9.78. The standard InChI is InChI=1S/C49H31BClN/c51-34-25-29-39-38-28-24-33(32-22-26-37(27-23-32)52(35-12-3-1-4-13-35)36-14-5-2-6-15-36)30-44(38)49(45(39)31-34)42-18-8-10-21-47(42)50-46-20-9-7-16-40(46)41-17-11-19-43(49)48(41)50/h1-31H. The molecule has 8 aromatic rings. The lowest BCUT2D eigenvalue weighted by molar-refractivity contribution is 0.776. The predicted molar refractivity (Wildman–Crippen MR) is 219 cm³/mol. The van der Waals surface area contributed by atoms with E-state index in [2.05, 4.69) is 187 Å². The maximum atomic E-state index is 6.92. The third-order valence-corrected chi connectivity index (χ3v) is 11.9.